The summed E-state index contributed by atoms with van der Waals surface area (Å²) >= 11 is 0. The van der Waals surface area contributed by atoms with Gasteiger partial charge in [-0.05, 0) is 31.2 Å². The van der Waals surface area contributed by atoms with E-state index >= 15 is 0 Å². The van der Waals surface area contributed by atoms with Gasteiger partial charge in [0.2, 0.25) is 0 Å². The summed E-state index contributed by atoms with van der Waals surface area (Å²) in [5.74, 6) is -0.273. The lowest BCUT2D eigenvalue weighted by molar-refractivity contribution is 0.413. The summed E-state index contributed by atoms with van der Waals surface area (Å²) in [4.78, 5) is 12.9. The number of hydrogen-bond acceptors (Lipinski definition) is 8. The third-order valence-electron chi connectivity index (χ3n) is 5.07. The largest absolute Gasteiger partial charge is 0.495 e. The predicted molar refractivity (Wildman–Crippen MR) is 113 cm³/mol. The fourth-order valence-corrected chi connectivity index (χ4v) is 4.70. The van der Waals surface area contributed by atoms with Crippen LogP contribution in [0.25, 0.3) is 11.0 Å². The topological polar surface area (TPSA) is 120 Å². The summed E-state index contributed by atoms with van der Waals surface area (Å²) in [5, 5.41) is 2.32. The van der Waals surface area contributed by atoms with Crippen molar-refractivity contribution in [2.24, 2.45) is 10.7 Å². The Labute approximate surface area is 172 Å². The number of pyridine rings is 2. The number of methoxy groups -OCH3 is 1. The summed E-state index contributed by atoms with van der Waals surface area (Å²) in [7, 11) is -1.96. The number of hydrogen-bond donors (Lipinski definition) is 2. The molecule has 0 unspecified atom stereocenters. The van der Waals surface area contributed by atoms with Crippen LogP contribution < -0.4 is 15.8 Å². The summed E-state index contributed by atoms with van der Waals surface area (Å²) in [6.07, 6.45) is 3.20. The molecule has 10 heteroatoms. The third kappa shape index (κ3) is 3.65. The first-order valence-electron chi connectivity index (χ1n) is 9.18. The number of sulfone groups is 1. The minimum absolute atomic E-state index is 0.0118. The highest BCUT2D eigenvalue weighted by atomic mass is 32.2. The molecule has 1 aliphatic rings. The molecule has 4 rings (SSSR count). The molecule has 0 amide bonds. The standard InChI is InChI=1S/C20H20FN5O3S/c1-11-20(22)26-18(10-30(11,27)28)14-7-12(3-4-15(14)21)25-16-5-6-23-17-8-13(29-2)9-24-19(16)17/h3-9,11,18H,10H2,1-2H3,(H2,22,26)(H,23,25)/t11-,18+/m1/s1. The van der Waals surface area contributed by atoms with Gasteiger partial charge in [0.25, 0.3) is 0 Å². The minimum Gasteiger partial charge on any atom is -0.495 e. The Morgan fingerprint density at radius 3 is 2.77 bits per heavy atom. The van der Waals surface area contributed by atoms with Gasteiger partial charge < -0.3 is 15.8 Å². The first-order valence-corrected chi connectivity index (χ1v) is 10.9. The van der Waals surface area contributed by atoms with Crippen molar-refractivity contribution in [1.82, 2.24) is 9.97 Å². The number of aromatic nitrogens is 2. The van der Waals surface area contributed by atoms with E-state index in [9.17, 15) is 12.8 Å². The van der Waals surface area contributed by atoms with E-state index in [1.807, 2.05) is 0 Å². The van der Waals surface area contributed by atoms with Crippen molar-refractivity contribution in [3.8, 4) is 5.75 Å². The molecule has 30 heavy (non-hydrogen) atoms. The van der Waals surface area contributed by atoms with Gasteiger partial charge in [-0.25, -0.2) is 17.8 Å². The first-order chi connectivity index (χ1) is 14.3. The van der Waals surface area contributed by atoms with E-state index < -0.39 is 26.9 Å². The second-order valence-corrected chi connectivity index (χ2v) is 9.37. The van der Waals surface area contributed by atoms with Gasteiger partial charge in [-0.15, -0.1) is 0 Å². The van der Waals surface area contributed by atoms with Crippen molar-refractivity contribution in [3.63, 3.8) is 0 Å². The second kappa shape index (κ2) is 7.52. The Morgan fingerprint density at radius 2 is 2.03 bits per heavy atom. The number of aliphatic imine (C=N–C) groups is 1. The van der Waals surface area contributed by atoms with Crippen LogP contribution in [-0.2, 0) is 9.84 Å². The van der Waals surface area contributed by atoms with Crippen molar-refractivity contribution in [1.29, 1.82) is 0 Å². The molecule has 0 aliphatic carbocycles. The van der Waals surface area contributed by atoms with E-state index in [1.165, 1.54) is 19.1 Å². The Bertz CT molecular complexity index is 1260. The van der Waals surface area contributed by atoms with E-state index in [1.54, 1.807) is 37.7 Å². The van der Waals surface area contributed by atoms with Gasteiger partial charge in [-0.3, -0.25) is 9.98 Å². The van der Waals surface area contributed by atoms with Crippen LogP contribution in [0.3, 0.4) is 0 Å². The van der Waals surface area contributed by atoms with Crippen molar-refractivity contribution in [3.05, 3.63) is 54.1 Å². The van der Waals surface area contributed by atoms with Crippen LogP contribution in [0.4, 0.5) is 15.8 Å². The molecule has 0 bridgehead atoms. The minimum atomic E-state index is -3.50. The number of nitrogens with zero attached hydrogens (tertiary/aromatic N) is 3. The lowest BCUT2D eigenvalue weighted by atomic mass is 10.1. The van der Waals surface area contributed by atoms with Crippen molar-refractivity contribution in [2.45, 2.75) is 18.2 Å². The first kappa shape index (κ1) is 20.0. The molecule has 3 aromatic rings. The van der Waals surface area contributed by atoms with E-state index in [-0.39, 0.29) is 17.2 Å². The quantitative estimate of drug-likeness (QED) is 0.654. The van der Waals surface area contributed by atoms with Gasteiger partial charge in [-0.1, -0.05) is 0 Å². The van der Waals surface area contributed by atoms with Crippen LogP contribution in [0.15, 0.2) is 47.7 Å². The summed E-state index contributed by atoms with van der Waals surface area (Å²) in [6.45, 7) is 1.48. The number of fused-ring (bicyclic) bond motifs is 1. The fourth-order valence-electron chi connectivity index (χ4n) is 3.29. The van der Waals surface area contributed by atoms with Crippen LogP contribution in [0.5, 0.6) is 5.75 Å². The molecule has 3 N–H and O–H groups in total. The van der Waals surface area contributed by atoms with Gasteiger partial charge in [0.05, 0.1) is 36.3 Å². The van der Waals surface area contributed by atoms with Gasteiger partial charge in [0.15, 0.2) is 9.84 Å². The molecule has 0 spiro atoms. The molecule has 0 saturated carbocycles. The van der Waals surface area contributed by atoms with Gasteiger partial charge in [-0.2, -0.15) is 0 Å². The molecule has 0 fully saturated rings. The lowest BCUT2D eigenvalue weighted by Crippen LogP contribution is -2.40. The Hall–Kier alpha value is -3.27. The highest BCUT2D eigenvalue weighted by Gasteiger charge is 2.34. The second-order valence-electron chi connectivity index (χ2n) is 7.00. The molecule has 0 saturated heterocycles. The number of anilines is 2. The normalized spacial score (nSPS) is 20.6. The molecule has 2 aromatic heterocycles. The fraction of sp³-hybridized carbons (Fsp3) is 0.250. The maximum atomic E-state index is 14.5. The number of ether oxygens (including phenoxy) is 1. The molecule has 0 radical (unpaired) electrons. The van der Waals surface area contributed by atoms with E-state index in [0.29, 0.717) is 28.2 Å². The van der Waals surface area contributed by atoms with Gasteiger partial charge in [0.1, 0.15) is 28.2 Å². The molecular weight excluding hydrogens is 409 g/mol. The van der Waals surface area contributed by atoms with Crippen molar-refractivity contribution < 1.29 is 17.5 Å². The molecule has 1 aliphatic heterocycles. The lowest BCUT2D eigenvalue weighted by Gasteiger charge is -2.24. The van der Waals surface area contributed by atoms with Crippen molar-refractivity contribution in [2.75, 3.05) is 18.2 Å². The Morgan fingerprint density at radius 1 is 1.23 bits per heavy atom. The summed E-state index contributed by atoms with van der Waals surface area (Å²) < 4.78 is 44.4. The zero-order valence-corrected chi connectivity index (χ0v) is 17.1. The maximum Gasteiger partial charge on any atom is 0.162 e. The highest BCUT2D eigenvalue weighted by molar-refractivity contribution is 7.92. The molecule has 3 heterocycles. The third-order valence-corrected chi connectivity index (χ3v) is 7.17. The van der Waals surface area contributed by atoms with Crippen LogP contribution in [0.1, 0.15) is 18.5 Å². The van der Waals surface area contributed by atoms with Crippen LogP contribution >= 0.6 is 0 Å². The number of amidine groups is 1. The molecular formula is C20H20FN5O3S. The monoisotopic (exact) mass is 429 g/mol. The van der Waals surface area contributed by atoms with Crippen LogP contribution in [-0.4, -0.2) is 42.3 Å². The molecule has 8 nitrogen and oxygen atoms in total. The van der Waals surface area contributed by atoms with Gasteiger partial charge >= 0.3 is 0 Å². The van der Waals surface area contributed by atoms with Crippen molar-refractivity contribution >= 4 is 38.1 Å². The van der Waals surface area contributed by atoms with E-state index in [0.717, 1.165) is 0 Å². The zero-order valence-electron chi connectivity index (χ0n) is 16.3. The predicted octanol–water partition coefficient (Wildman–Crippen LogP) is 2.74. The smallest absolute Gasteiger partial charge is 0.162 e. The number of halogens is 1. The van der Waals surface area contributed by atoms with Crippen LogP contribution in [0.2, 0.25) is 0 Å². The van der Waals surface area contributed by atoms with Gasteiger partial charge in [0, 0.05) is 23.5 Å². The number of benzene rings is 1. The Balaban J connectivity index is 1.71. The van der Waals surface area contributed by atoms with E-state index in [4.69, 9.17) is 10.5 Å². The number of nitrogens with two attached hydrogens (primary N) is 1. The zero-order chi connectivity index (χ0) is 21.5. The highest BCUT2D eigenvalue weighted by Crippen LogP contribution is 2.32. The average molecular weight is 429 g/mol. The van der Waals surface area contributed by atoms with E-state index in [2.05, 4.69) is 20.3 Å². The molecule has 2 atom stereocenters. The molecule has 156 valence electrons. The van der Waals surface area contributed by atoms with Crippen LogP contribution in [0, 0.1) is 5.82 Å². The SMILES string of the molecule is COc1cnc2c(Nc3ccc(F)c([C@@H]4CS(=O)(=O)[C@H](C)C(N)=N4)c3)ccnc2c1. The molecule has 1 aromatic carbocycles. The Kier molecular flexibility index (Phi) is 5.02. The number of rotatable bonds is 4. The number of nitrogens with one attached hydrogen (secondary N) is 1. The summed E-state index contributed by atoms with van der Waals surface area (Å²) in [6, 6.07) is 6.97. The average Bonchev–Trinajstić information content (AvgIpc) is 2.72. The summed E-state index contributed by atoms with van der Waals surface area (Å²) in [5.41, 5.74) is 8.40. The maximum absolute atomic E-state index is 14.5.